The Balaban J connectivity index is -0.00000000396. The third kappa shape index (κ3) is 41100. The molecule has 0 N–H and O–H groups in total. The average molecular weight is 352 g/mol. The summed E-state index contributed by atoms with van der Waals surface area (Å²) in [6.45, 7) is 28.5. The molecule has 0 atom stereocenters. The third-order valence-corrected chi connectivity index (χ3v) is 0. The van der Waals surface area contributed by atoms with E-state index in [2.05, 4.69) is 0 Å². The summed E-state index contributed by atoms with van der Waals surface area (Å²) < 4.78 is 0. The molecule has 15 heavy (non-hydrogen) atoms. The Morgan fingerprint density at radius 1 is 0.400 bits per heavy atom. The summed E-state index contributed by atoms with van der Waals surface area (Å²) in [5.41, 5.74) is 0. The van der Waals surface area contributed by atoms with E-state index >= 15 is 0 Å². The Hall–Kier alpha value is -0.216. The van der Waals surface area contributed by atoms with Gasteiger partial charge in [0.25, 0.3) is 0 Å². The van der Waals surface area contributed by atoms with Crippen LogP contribution in [0.5, 0.6) is 0 Å². The van der Waals surface area contributed by atoms with Crippen molar-refractivity contribution in [3.8, 4) is 0 Å². The molecule has 9 heteroatoms. The van der Waals surface area contributed by atoms with E-state index in [0.717, 1.165) is 0 Å². The molecule has 2 radical (unpaired) electrons. The fourth-order valence-corrected chi connectivity index (χ4v) is 0. The molecule has 70 valence electrons. The molecule has 0 saturated carbocycles. The van der Waals surface area contributed by atoms with E-state index in [1.54, 1.807) is 0 Å². The van der Waals surface area contributed by atoms with E-state index in [0.29, 0.717) is 0 Å². The maximum Gasteiger partial charge on any atom is 3.00 e. The van der Waals surface area contributed by atoms with Crippen LogP contribution in [-0.2, 0) is 34.1 Å². The minimum Gasteiger partial charge on any atom is -0.512 e. The number of hydrogen-bond acceptors (Lipinski definition) is 6. The zero-order valence-electron chi connectivity index (χ0n) is 7.41. The first-order chi connectivity index (χ1) is 6.00. The molecule has 0 heterocycles. The molecule has 0 fully saturated rings. The summed E-state index contributed by atoms with van der Waals surface area (Å²) >= 11 is 0. The quantitative estimate of drug-likeness (QED) is 0.350. The summed E-state index contributed by atoms with van der Waals surface area (Å²) in [6, 6.07) is 0. The van der Waals surface area contributed by atoms with Crippen LogP contribution in [0, 0.1) is 71.0 Å². The number of nitrogens with zero attached hydrogens (tertiary/aromatic N) is 6. The maximum absolute atomic E-state index is 6.25. The second-order valence-electron chi connectivity index (χ2n) is 0. The molecule has 0 spiro atoms. The van der Waals surface area contributed by atoms with Crippen molar-refractivity contribution in [1.29, 1.82) is 31.6 Å². The Morgan fingerprint density at radius 2 is 0.400 bits per heavy atom. The molecule has 0 aliphatic rings. The normalized spacial score (nSPS) is 0.800. The first-order valence-electron chi connectivity index (χ1n) is 1.34. The molecule has 0 saturated heterocycles. The topological polar surface area (TPSA) is 143 Å². The van der Waals surface area contributed by atoms with Gasteiger partial charge in [0.15, 0.2) is 0 Å². The van der Waals surface area contributed by atoms with Crippen LogP contribution >= 0.6 is 0 Å². The van der Waals surface area contributed by atoms with Crippen molar-refractivity contribution in [3.05, 3.63) is 39.4 Å². The molecule has 6 nitrogen and oxygen atoms in total. The van der Waals surface area contributed by atoms with Crippen molar-refractivity contribution in [2.24, 2.45) is 0 Å². The van der Waals surface area contributed by atoms with Crippen LogP contribution in [0.2, 0.25) is 0 Å². The van der Waals surface area contributed by atoms with Gasteiger partial charge in [-0.15, -0.1) is 0 Å². The van der Waals surface area contributed by atoms with Gasteiger partial charge in [-0.1, -0.05) is 0 Å². The summed E-state index contributed by atoms with van der Waals surface area (Å²) in [7, 11) is 0. The van der Waals surface area contributed by atoms with E-state index in [1.807, 2.05) is 0 Å². The minimum atomic E-state index is 0. The molecule has 0 amide bonds. The van der Waals surface area contributed by atoms with Gasteiger partial charge in [0.05, 0.1) is 0 Å². The van der Waals surface area contributed by atoms with E-state index in [-0.39, 0.29) is 92.3 Å². The molecule has 0 unspecified atom stereocenters. The number of rotatable bonds is 0. The van der Waals surface area contributed by atoms with Gasteiger partial charge < -0.3 is 71.0 Å². The fourth-order valence-electron chi connectivity index (χ4n) is 0. The molecule has 0 aliphatic heterocycles. The molecular formula is C6FeMnN6Rb. The average Bonchev–Trinajstić information content (AvgIpc) is 2.33. The Labute approximate surface area is 160 Å². The first kappa shape index (κ1) is 84.0. The van der Waals surface area contributed by atoms with Crippen LogP contribution in [0.1, 0.15) is 0 Å². The van der Waals surface area contributed by atoms with Crippen molar-refractivity contribution in [2.75, 3.05) is 0 Å². The fraction of sp³-hybridized carbons (Fsp3) is 0. The number of hydrogen-bond donors (Lipinski definition) is 0. The zero-order valence-corrected chi connectivity index (χ0v) is 14.6. The molecule has 0 aromatic heterocycles. The summed E-state index contributed by atoms with van der Waals surface area (Å²) in [6.07, 6.45) is 0. The molecule has 0 rings (SSSR count). The third-order valence-electron chi connectivity index (χ3n) is 0. The van der Waals surface area contributed by atoms with Crippen molar-refractivity contribution >= 4 is 0 Å². The van der Waals surface area contributed by atoms with Crippen LogP contribution in [0.3, 0.4) is 0 Å². The standard InChI is InChI=1S/6CN.Fe.Mn.Rb/c6*1-2;;;/q6*-1;+3;+2;+1. The van der Waals surface area contributed by atoms with E-state index in [4.69, 9.17) is 71.0 Å². The summed E-state index contributed by atoms with van der Waals surface area (Å²) in [5, 5.41) is 37.5. The van der Waals surface area contributed by atoms with Crippen LogP contribution < -0.4 is 58.2 Å². The van der Waals surface area contributed by atoms with E-state index in [1.165, 1.54) is 0 Å². The maximum atomic E-state index is 6.25. The van der Waals surface area contributed by atoms with Gasteiger partial charge in [0.1, 0.15) is 0 Å². The Bertz CT molecular complexity index is 103. The molecule has 0 aromatic rings. The SMILES string of the molecule is [C-]#N.[C-]#N.[C-]#N.[C-]#N.[C-]#N.[C-]#N.[Fe+3].[Mn+2].[Rb+]. The van der Waals surface area contributed by atoms with Crippen molar-refractivity contribution < 1.29 is 92.3 Å². The van der Waals surface area contributed by atoms with Gasteiger partial charge in [-0.3, -0.25) is 0 Å². The predicted octanol–water partition coefficient (Wildman–Crippen LogP) is -2.42. The van der Waals surface area contributed by atoms with Gasteiger partial charge >= 0.3 is 92.3 Å². The van der Waals surface area contributed by atoms with Crippen LogP contribution in [0.25, 0.3) is 0 Å². The van der Waals surface area contributed by atoms with Crippen LogP contribution in [0.4, 0.5) is 0 Å². The van der Waals surface area contributed by atoms with Gasteiger partial charge in [-0.25, -0.2) is 0 Å². The first-order valence-corrected chi connectivity index (χ1v) is 1.34. The second kappa shape index (κ2) is 48400. The van der Waals surface area contributed by atoms with Gasteiger partial charge in [0, 0.05) is 0 Å². The summed E-state index contributed by atoms with van der Waals surface area (Å²) in [5.74, 6) is 0. The minimum absolute atomic E-state index is 0. The van der Waals surface area contributed by atoms with E-state index in [9.17, 15) is 0 Å². The summed E-state index contributed by atoms with van der Waals surface area (Å²) in [4.78, 5) is 0. The molecular weight excluding hydrogens is 352 g/mol. The molecule has 0 bridgehead atoms. The van der Waals surface area contributed by atoms with Crippen molar-refractivity contribution in [3.63, 3.8) is 0 Å². The van der Waals surface area contributed by atoms with Crippen LogP contribution in [-0.4, -0.2) is 0 Å². The second-order valence-corrected chi connectivity index (χ2v) is 0. The molecule has 0 aliphatic carbocycles. The van der Waals surface area contributed by atoms with Crippen molar-refractivity contribution in [2.45, 2.75) is 0 Å². The zero-order chi connectivity index (χ0) is 12.0. The Kier molecular flexibility index (Phi) is 271000. The van der Waals surface area contributed by atoms with Gasteiger partial charge in [-0.05, 0) is 0 Å². The van der Waals surface area contributed by atoms with E-state index < -0.39 is 0 Å². The largest absolute Gasteiger partial charge is 3.00 e. The Morgan fingerprint density at radius 3 is 0.400 bits per heavy atom. The smallest absolute Gasteiger partial charge is 0.512 e. The predicted molar refractivity (Wildman–Crippen MR) is 29.8 cm³/mol. The monoisotopic (exact) mass is 352 g/mol. The van der Waals surface area contributed by atoms with Crippen molar-refractivity contribution in [1.82, 2.24) is 0 Å². The van der Waals surface area contributed by atoms with Crippen LogP contribution in [0.15, 0.2) is 0 Å². The molecule has 0 aromatic carbocycles. The van der Waals surface area contributed by atoms with Gasteiger partial charge in [-0.2, -0.15) is 0 Å². The van der Waals surface area contributed by atoms with Gasteiger partial charge in [0.2, 0.25) is 0 Å².